The standard InChI is InChI=1S/C19H12N2O3/c22-19(23)15-5-6-17-16(11-15)18(24-21-17)14-3-1-12(2-4-14)13-7-9-20-10-8-13/h1-11H,(H,22,23). The zero-order valence-electron chi connectivity index (χ0n) is 12.5. The second-order valence-corrected chi connectivity index (χ2v) is 5.36. The molecule has 0 saturated heterocycles. The van der Waals surface area contributed by atoms with Gasteiger partial charge in [0.2, 0.25) is 0 Å². The summed E-state index contributed by atoms with van der Waals surface area (Å²) in [5, 5.41) is 13.8. The number of carboxylic acids is 1. The van der Waals surface area contributed by atoms with E-state index in [0.29, 0.717) is 16.7 Å². The molecule has 116 valence electrons. The Kier molecular flexibility index (Phi) is 3.31. The second-order valence-electron chi connectivity index (χ2n) is 5.36. The molecule has 2 aromatic heterocycles. The first-order valence-corrected chi connectivity index (χ1v) is 7.36. The van der Waals surface area contributed by atoms with E-state index in [0.717, 1.165) is 16.7 Å². The van der Waals surface area contributed by atoms with Crippen molar-refractivity contribution in [3.63, 3.8) is 0 Å². The Morgan fingerprint density at radius 1 is 0.875 bits per heavy atom. The molecule has 0 radical (unpaired) electrons. The number of fused-ring (bicyclic) bond motifs is 1. The van der Waals surface area contributed by atoms with Gasteiger partial charge < -0.3 is 9.63 Å². The first kappa shape index (κ1) is 14.1. The van der Waals surface area contributed by atoms with Gasteiger partial charge >= 0.3 is 5.97 Å². The Morgan fingerprint density at radius 2 is 1.54 bits per heavy atom. The van der Waals surface area contributed by atoms with Gasteiger partial charge in [-0.3, -0.25) is 4.98 Å². The van der Waals surface area contributed by atoms with Crippen LogP contribution in [0.2, 0.25) is 0 Å². The number of aromatic nitrogens is 2. The minimum absolute atomic E-state index is 0.209. The van der Waals surface area contributed by atoms with Crippen molar-refractivity contribution in [3.05, 3.63) is 72.6 Å². The molecule has 0 bridgehead atoms. The van der Waals surface area contributed by atoms with Crippen LogP contribution in [0.1, 0.15) is 10.4 Å². The smallest absolute Gasteiger partial charge is 0.335 e. The van der Waals surface area contributed by atoms with Crippen LogP contribution in [0.4, 0.5) is 0 Å². The molecule has 0 aliphatic carbocycles. The maximum absolute atomic E-state index is 11.2. The third kappa shape index (κ3) is 2.42. The Bertz CT molecular complexity index is 1020. The van der Waals surface area contributed by atoms with Crippen molar-refractivity contribution in [2.45, 2.75) is 0 Å². The molecule has 0 aliphatic heterocycles. The maximum Gasteiger partial charge on any atom is 0.335 e. The molecular formula is C19H12N2O3. The number of benzene rings is 2. The number of hydrogen-bond acceptors (Lipinski definition) is 4. The number of pyridine rings is 1. The predicted octanol–water partition coefficient (Wildman–Crippen LogP) is 4.26. The van der Waals surface area contributed by atoms with Crippen LogP contribution in [0.25, 0.3) is 33.4 Å². The van der Waals surface area contributed by atoms with E-state index in [1.165, 1.54) is 6.07 Å². The van der Waals surface area contributed by atoms with Gasteiger partial charge in [0.15, 0.2) is 5.76 Å². The molecule has 1 N–H and O–H groups in total. The average Bonchev–Trinajstić information content (AvgIpc) is 3.06. The van der Waals surface area contributed by atoms with Crippen LogP contribution in [0, 0.1) is 0 Å². The highest BCUT2D eigenvalue weighted by atomic mass is 16.5. The lowest BCUT2D eigenvalue weighted by Crippen LogP contribution is -1.94. The van der Waals surface area contributed by atoms with E-state index in [4.69, 9.17) is 9.63 Å². The summed E-state index contributed by atoms with van der Waals surface area (Å²) < 4.78 is 5.43. The monoisotopic (exact) mass is 316 g/mol. The summed E-state index contributed by atoms with van der Waals surface area (Å²) in [6.45, 7) is 0. The third-order valence-corrected chi connectivity index (χ3v) is 3.88. The van der Waals surface area contributed by atoms with Crippen LogP contribution >= 0.6 is 0 Å². The molecule has 0 atom stereocenters. The molecule has 4 rings (SSSR count). The number of rotatable bonds is 3. The minimum atomic E-state index is -0.975. The number of carboxylic acid groups (broad SMARTS) is 1. The fourth-order valence-corrected chi connectivity index (χ4v) is 2.64. The van der Waals surface area contributed by atoms with Crippen LogP contribution in [0.15, 0.2) is 71.5 Å². The van der Waals surface area contributed by atoms with Crippen molar-refractivity contribution >= 4 is 16.9 Å². The summed E-state index contributed by atoms with van der Waals surface area (Å²) in [5.41, 5.74) is 3.83. The lowest BCUT2D eigenvalue weighted by molar-refractivity contribution is 0.0697. The van der Waals surface area contributed by atoms with E-state index >= 15 is 0 Å². The topological polar surface area (TPSA) is 76.2 Å². The molecule has 5 nitrogen and oxygen atoms in total. The molecule has 5 heteroatoms. The van der Waals surface area contributed by atoms with Crippen molar-refractivity contribution in [2.24, 2.45) is 0 Å². The van der Waals surface area contributed by atoms with Crippen molar-refractivity contribution < 1.29 is 14.4 Å². The molecule has 0 saturated carbocycles. The summed E-state index contributed by atoms with van der Waals surface area (Å²) >= 11 is 0. The molecule has 24 heavy (non-hydrogen) atoms. The van der Waals surface area contributed by atoms with Gasteiger partial charge in [0, 0.05) is 18.0 Å². The fourth-order valence-electron chi connectivity index (χ4n) is 2.64. The van der Waals surface area contributed by atoms with Crippen LogP contribution in [0.3, 0.4) is 0 Å². The molecule has 0 aliphatic rings. The number of carbonyl (C=O) groups is 1. The van der Waals surface area contributed by atoms with E-state index in [1.807, 2.05) is 36.4 Å². The van der Waals surface area contributed by atoms with Gasteiger partial charge in [-0.2, -0.15) is 0 Å². The predicted molar refractivity (Wildman–Crippen MR) is 89.6 cm³/mol. The second kappa shape index (κ2) is 5.62. The molecule has 2 heterocycles. The zero-order chi connectivity index (χ0) is 16.5. The van der Waals surface area contributed by atoms with Crippen molar-refractivity contribution in [1.82, 2.24) is 10.1 Å². The van der Waals surface area contributed by atoms with Gasteiger partial charge in [-0.15, -0.1) is 0 Å². The van der Waals surface area contributed by atoms with Crippen LogP contribution in [-0.2, 0) is 0 Å². The molecular weight excluding hydrogens is 304 g/mol. The van der Waals surface area contributed by atoms with Gasteiger partial charge in [0.1, 0.15) is 5.52 Å². The zero-order valence-corrected chi connectivity index (χ0v) is 12.5. The molecule has 4 aromatic rings. The normalized spacial score (nSPS) is 10.8. The van der Waals surface area contributed by atoms with Gasteiger partial charge in [-0.1, -0.05) is 29.4 Å². The first-order chi connectivity index (χ1) is 11.7. The van der Waals surface area contributed by atoms with E-state index in [9.17, 15) is 4.79 Å². The maximum atomic E-state index is 11.2. The van der Waals surface area contributed by atoms with Crippen molar-refractivity contribution in [1.29, 1.82) is 0 Å². The van der Waals surface area contributed by atoms with Gasteiger partial charge in [0.05, 0.1) is 10.9 Å². The van der Waals surface area contributed by atoms with Crippen molar-refractivity contribution in [2.75, 3.05) is 0 Å². The first-order valence-electron chi connectivity index (χ1n) is 7.36. The molecule has 0 unspecified atom stereocenters. The van der Waals surface area contributed by atoms with E-state index in [-0.39, 0.29) is 5.56 Å². The van der Waals surface area contributed by atoms with Crippen LogP contribution in [-0.4, -0.2) is 21.2 Å². The molecule has 0 amide bonds. The van der Waals surface area contributed by atoms with Crippen LogP contribution in [0.5, 0.6) is 0 Å². The molecule has 0 spiro atoms. The highest BCUT2D eigenvalue weighted by Gasteiger charge is 2.13. The lowest BCUT2D eigenvalue weighted by atomic mass is 10.0. The Morgan fingerprint density at radius 3 is 2.25 bits per heavy atom. The van der Waals surface area contributed by atoms with E-state index < -0.39 is 5.97 Å². The highest BCUT2D eigenvalue weighted by molar-refractivity contribution is 5.98. The van der Waals surface area contributed by atoms with Gasteiger partial charge in [0.25, 0.3) is 0 Å². The fraction of sp³-hybridized carbons (Fsp3) is 0. The quantitative estimate of drug-likeness (QED) is 0.611. The van der Waals surface area contributed by atoms with E-state index in [1.54, 1.807) is 24.5 Å². The Labute approximate surface area is 137 Å². The number of nitrogens with zero attached hydrogens (tertiary/aromatic N) is 2. The van der Waals surface area contributed by atoms with E-state index in [2.05, 4.69) is 10.1 Å². The Balaban J connectivity index is 1.77. The van der Waals surface area contributed by atoms with Gasteiger partial charge in [-0.05, 0) is 41.5 Å². The molecule has 0 fully saturated rings. The minimum Gasteiger partial charge on any atom is -0.478 e. The van der Waals surface area contributed by atoms with Crippen molar-refractivity contribution in [3.8, 4) is 22.5 Å². The number of hydrogen-bond donors (Lipinski definition) is 1. The lowest BCUT2D eigenvalue weighted by Gasteiger charge is -2.03. The molecule has 2 aromatic carbocycles. The third-order valence-electron chi connectivity index (χ3n) is 3.88. The Hall–Kier alpha value is -3.47. The highest BCUT2D eigenvalue weighted by Crippen LogP contribution is 2.31. The van der Waals surface area contributed by atoms with Gasteiger partial charge in [-0.25, -0.2) is 4.79 Å². The largest absolute Gasteiger partial charge is 0.478 e. The SMILES string of the molecule is O=C(O)c1ccc2noc(-c3ccc(-c4ccncc4)cc3)c2c1. The van der Waals surface area contributed by atoms with Crippen LogP contribution < -0.4 is 0 Å². The average molecular weight is 316 g/mol. The summed E-state index contributed by atoms with van der Waals surface area (Å²) in [6.07, 6.45) is 3.50. The number of aromatic carboxylic acids is 1. The summed E-state index contributed by atoms with van der Waals surface area (Å²) in [6, 6.07) is 16.5. The summed E-state index contributed by atoms with van der Waals surface area (Å²) in [5.74, 6) is -0.411. The summed E-state index contributed by atoms with van der Waals surface area (Å²) in [4.78, 5) is 15.2. The summed E-state index contributed by atoms with van der Waals surface area (Å²) in [7, 11) is 0.